The van der Waals surface area contributed by atoms with Crippen molar-refractivity contribution in [1.82, 2.24) is 5.32 Å². The molecule has 0 bridgehead atoms. The highest BCUT2D eigenvalue weighted by atomic mass is 35.5. The molecule has 2 amide bonds. The Morgan fingerprint density at radius 3 is 2.54 bits per heavy atom. The summed E-state index contributed by atoms with van der Waals surface area (Å²) in [4.78, 5) is 24.0. The second-order valence-electron chi connectivity index (χ2n) is 5.26. The summed E-state index contributed by atoms with van der Waals surface area (Å²) in [6, 6.07) is 11.3. The van der Waals surface area contributed by atoms with Gasteiger partial charge < -0.3 is 15.4 Å². The van der Waals surface area contributed by atoms with Gasteiger partial charge in [-0.2, -0.15) is 0 Å². The van der Waals surface area contributed by atoms with Gasteiger partial charge in [0.05, 0.1) is 22.3 Å². The van der Waals surface area contributed by atoms with Crippen molar-refractivity contribution in [3.8, 4) is 18.1 Å². The summed E-state index contributed by atoms with van der Waals surface area (Å²) in [7, 11) is 0. The number of nitrogens with one attached hydrogen (secondary N) is 2. The summed E-state index contributed by atoms with van der Waals surface area (Å²) in [5, 5.41) is 5.85. The highest BCUT2D eigenvalue weighted by Crippen LogP contribution is 2.29. The molecule has 1 atom stereocenters. The largest absolute Gasteiger partial charge is 0.481 e. The van der Waals surface area contributed by atoms with Crippen molar-refractivity contribution in [3.63, 3.8) is 0 Å². The third kappa shape index (κ3) is 5.16. The van der Waals surface area contributed by atoms with Crippen molar-refractivity contribution in [3.05, 3.63) is 58.1 Å². The van der Waals surface area contributed by atoms with Gasteiger partial charge in [-0.3, -0.25) is 9.59 Å². The van der Waals surface area contributed by atoms with E-state index in [4.69, 9.17) is 34.4 Å². The lowest BCUT2D eigenvalue weighted by molar-refractivity contribution is -0.126. The van der Waals surface area contributed by atoms with Gasteiger partial charge in [0.1, 0.15) is 5.75 Å². The molecule has 0 saturated heterocycles. The lowest BCUT2D eigenvalue weighted by Crippen LogP contribution is -2.36. The molecule has 1 unspecified atom stereocenters. The van der Waals surface area contributed by atoms with Crippen molar-refractivity contribution in [2.24, 2.45) is 0 Å². The fourth-order valence-electron chi connectivity index (χ4n) is 2.02. The molecule has 0 heterocycles. The molecular formula is C19H16Cl2N2O3. The molecule has 0 radical (unpaired) electrons. The first-order valence-corrected chi connectivity index (χ1v) is 8.41. The van der Waals surface area contributed by atoms with Crippen molar-refractivity contribution in [2.45, 2.75) is 13.0 Å². The van der Waals surface area contributed by atoms with E-state index in [1.165, 1.54) is 0 Å². The first-order chi connectivity index (χ1) is 12.4. The van der Waals surface area contributed by atoms with Crippen molar-refractivity contribution in [1.29, 1.82) is 0 Å². The van der Waals surface area contributed by atoms with E-state index in [2.05, 4.69) is 16.6 Å². The van der Waals surface area contributed by atoms with E-state index < -0.39 is 6.10 Å². The molecule has 0 saturated carbocycles. The van der Waals surface area contributed by atoms with E-state index in [9.17, 15) is 9.59 Å². The zero-order chi connectivity index (χ0) is 19.1. The molecule has 134 valence electrons. The van der Waals surface area contributed by atoms with Gasteiger partial charge in [-0.15, -0.1) is 6.42 Å². The van der Waals surface area contributed by atoms with Crippen LogP contribution in [0.3, 0.4) is 0 Å². The Labute approximate surface area is 161 Å². The summed E-state index contributed by atoms with van der Waals surface area (Å²) in [5.74, 6) is 2.10. The smallest absolute Gasteiger partial charge is 0.261 e. The van der Waals surface area contributed by atoms with E-state index >= 15 is 0 Å². The third-order valence-corrected chi connectivity index (χ3v) is 4.18. The minimum Gasteiger partial charge on any atom is -0.481 e. The van der Waals surface area contributed by atoms with Crippen LogP contribution in [0, 0.1) is 12.3 Å². The zero-order valence-electron chi connectivity index (χ0n) is 13.9. The summed E-state index contributed by atoms with van der Waals surface area (Å²) < 4.78 is 5.51. The maximum Gasteiger partial charge on any atom is 0.261 e. The Morgan fingerprint density at radius 2 is 1.88 bits per heavy atom. The molecule has 0 spiro atoms. The topological polar surface area (TPSA) is 67.4 Å². The molecule has 0 aromatic heterocycles. The van der Waals surface area contributed by atoms with E-state index in [0.717, 1.165) is 0 Å². The lowest BCUT2D eigenvalue weighted by atomic mass is 10.2. The number of hydrogen-bond acceptors (Lipinski definition) is 3. The Balaban J connectivity index is 2.00. The summed E-state index contributed by atoms with van der Waals surface area (Å²) in [5.41, 5.74) is 0.820. The molecule has 2 aromatic rings. The van der Waals surface area contributed by atoms with Crippen LogP contribution in [0.5, 0.6) is 5.75 Å². The van der Waals surface area contributed by atoms with Crippen LogP contribution < -0.4 is 15.4 Å². The van der Waals surface area contributed by atoms with Gasteiger partial charge in [-0.25, -0.2) is 0 Å². The predicted octanol–water partition coefficient (Wildman–Crippen LogP) is 3.76. The molecule has 7 heteroatoms. The van der Waals surface area contributed by atoms with Crippen LogP contribution in [-0.2, 0) is 4.79 Å². The lowest BCUT2D eigenvalue weighted by Gasteiger charge is -2.14. The number of halogens is 2. The highest BCUT2D eigenvalue weighted by Gasteiger charge is 2.14. The van der Waals surface area contributed by atoms with Gasteiger partial charge in [-0.05, 0) is 43.3 Å². The Morgan fingerprint density at radius 1 is 1.19 bits per heavy atom. The van der Waals surface area contributed by atoms with E-state index in [-0.39, 0.29) is 23.4 Å². The quantitative estimate of drug-likeness (QED) is 0.737. The number of rotatable bonds is 6. The molecule has 2 aromatic carbocycles. The molecule has 0 aliphatic heterocycles. The van der Waals surface area contributed by atoms with Gasteiger partial charge in [0.15, 0.2) is 6.10 Å². The number of hydrogen-bond donors (Lipinski definition) is 2. The summed E-state index contributed by atoms with van der Waals surface area (Å²) in [6.07, 6.45) is 4.37. The van der Waals surface area contributed by atoms with Gasteiger partial charge >= 0.3 is 0 Å². The zero-order valence-corrected chi connectivity index (χ0v) is 15.4. The first-order valence-electron chi connectivity index (χ1n) is 7.65. The van der Waals surface area contributed by atoms with Crippen LogP contribution in [0.25, 0.3) is 0 Å². The number of amides is 2. The van der Waals surface area contributed by atoms with Gasteiger partial charge in [0, 0.05) is 5.56 Å². The number of anilines is 1. The van der Waals surface area contributed by atoms with Crippen molar-refractivity contribution >= 4 is 40.7 Å². The Kier molecular flexibility index (Phi) is 6.90. The minimum absolute atomic E-state index is 0.137. The van der Waals surface area contributed by atoms with Gasteiger partial charge in [-0.1, -0.05) is 35.2 Å². The Bertz CT molecular complexity index is 845. The molecule has 5 nitrogen and oxygen atoms in total. The second kappa shape index (κ2) is 9.14. The molecule has 0 fully saturated rings. The van der Waals surface area contributed by atoms with E-state index in [1.807, 2.05) is 0 Å². The summed E-state index contributed by atoms with van der Waals surface area (Å²) in [6.45, 7) is 1.74. The maximum absolute atomic E-state index is 12.3. The number of carbonyl (C=O) groups is 2. The normalized spacial score (nSPS) is 11.2. The summed E-state index contributed by atoms with van der Waals surface area (Å²) >= 11 is 12.0. The van der Waals surface area contributed by atoms with Crippen LogP contribution in [0.4, 0.5) is 5.69 Å². The van der Waals surface area contributed by atoms with Crippen LogP contribution in [0.15, 0.2) is 42.5 Å². The molecule has 0 aliphatic carbocycles. The van der Waals surface area contributed by atoms with Crippen LogP contribution in [0.2, 0.25) is 10.0 Å². The number of benzene rings is 2. The van der Waals surface area contributed by atoms with E-state index in [0.29, 0.717) is 22.0 Å². The maximum atomic E-state index is 12.3. The standard InChI is InChI=1S/C19H16Cl2N2O3/c1-3-11-22-18(24)12(2)26-14-9-7-13(8-10-14)19(25)23-16-6-4-5-15(20)17(16)21/h1,4-10,12H,11H2,2H3,(H,22,24)(H,23,25). The number of ether oxygens (including phenoxy) is 1. The van der Waals surface area contributed by atoms with Crippen LogP contribution in [-0.4, -0.2) is 24.5 Å². The second-order valence-corrected chi connectivity index (χ2v) is 6.05. The highest BCUT2D eigenvalue weighted by molar-refractivity contribution is 6.44. The number of carbonyl (C=O) groups excluding carboxylic acids is 2. The van der Waals surface area contributed by atoms with Gasteiger partial charge in [0.25, 0.3) is 11.8 Å². The fourth-order valence-corrected chi connectivity index (χ4v) is 2.37. The molecule has 2 N–H and O–H groups in total. The van der Waals surface area contributed by atoms with Gasteiger partial charge in [0.2, 0.25) is 0 Å². The van der Waals surface area contributed by atoms with E-state index in [1.54, 1.807) is 49.4 Å². The minimum atomic E-state index is -0.715. The SMILES string of the molecule is C#CCNC(=O)C(C)Oc1ccc(C(=O)Nc2cccc(Cl)c2Cl)cc1. The van der Waals surface area contributed by atoms with Crippen LogP contribution in [0.1, 0.15) is 17.3 Å². The molecule has 26 heavy (non-hydrogen) atoms. The first kappa shape index (κ1) is 19.6. The average molecular weight is 391 g/mol. The molecule has 0 aliphatic rings. The van der Waals surface area contributed by atoms with Crippen molar-refractivity contribution < 1.29 is 14.3 Å². The predicted molar refractivity (Wildman–Crippen MR) is 103 cm³/mol. The van der Waals surface area contributed by atoms with Crippen molar-refractivity contribution in [2.75, 3.05) is 11.9 Å². The number of terminal acetylenes is 1. The molecule has 2 rings (SSSR count). The third-order valence-electron chi connectivity index (χ3n) is 3.36. The monoisotopic (exact) mass is 390 g/mol. The average Bonchev–Trinajstić information content (AvgIpc) is 2.64. The van der Waals surface area contributed by atoms with Crippen LogP contribution >= 0.6 is 23.2 Å². The fraction of sp³-hybridized carbons (Fsp3) is 0.158. The Hall–Kier alpha value is -2.68. The molecular weight excluding hydrogens is 375 g/mol.